The Labute approximate surface area is 106 Å². The first-order valence-corrected chi connectivity index (χ1v) is 6.39. The van der Waals surface area contributed by atoms with Gasteiger partial charge in [0.25, 0.3) is 0 Å². The number of hydrogen-bond donors (Lipinski definition) is 0. The summed E-state index contributed by atoms with van der Waals surface area (Å²) in [4.78, 5) is 9.35. The van der Waals surface area contributed by atoms with Crippen LogP contribution in [-0.4, -0.2) is 19.7 Å². The molecule has 0 saturated carbocycles. The third-order valence-electron chi connectivity index (χ3n) is 3.13. The summed E-state index contributed by atoms with van der Waals surface area (Å²) in [6.45, 7) is 5.09. The van der Waals surface area contributed by atoms with Gasteiger partial charge in [-0.05, 0) is 25.5 Å². The number of rotatable bonds is 3. The maximum atomic E-state index is 4.69. The molecule has 3 aromatic rings. The predicted molar refractivity (Wildman–Crippen MR) is 72.5 cm³/mol. The molecule has 0 radical (unpaired) electrons. The Morgan fingerprint density at radius 1 is 1.11 bits per heavy atom. The first-order valence-electron chi connectivity index (χ1n) is 6.39. The van der Waals surface area contributed by atoms with E-state index in [1.807, 2.05) is 35.9 Å². The second-order valence-corrected chi connectivity index (χ2v) is 4.55. The lowest BCUT2D eigenvalue weighted by molar-refractivity contribution is 0.581. The van der Waals surface area contributed by atoms with Crippen molar-refractivity contribution >= 4 is 22.2 Å². The van der Waals surface area contributed by atoms with Gasteiger partial charge in [-0.2, -0.15) is 5.10 Å². The summed E-state index contributed by atoms with van der Waals surface area (Å²) in [7, 11) is 0. The van der Waals surface area contributed by atoms with Gasteiger partial charge in [-0.1, -0.05) is 25.5 Å². The van der Waals surface area contributed by atoms with Gasteiger partial charge in [0, 0.05) is 6.54 Å². The van der Waals surface area contributed by atoms with E-state index in [2.05, 4.69) is 22.0 Å². The molecule has 4 heteroatoms. The molecule has 2 aromatic heterocycles. The molecule has 0 bridgehead atoms. The number of aromatic nitrogens is 4. The van der Waals surface area contributed by atoms with Gasteiger partial charge in [-0.15, -0.1) is 0 Å². The Hall–Kier alpha value is -1.97. The molecule has 1 aromatic carbocycles. The van der Waals surface area contributed by atoms with Gasteiger partial charge in [0.2, 0.25) is 0 Å². The van der Waals surface area contributed by atoms with Crippen LogP contribution in [0.4, 0.5) is 0 Å². The molecule has 0 aliphatic carbocycles. The first-order chi connectivity index (χ1) is 8.79. The highest BCUT2D eigenvalue weighted by Crippen LogP contribution is 2.18. The highest BCUT2D eigenvalue weighted by atomic mass is 15.3. The normalized spacial score (nSPS) is 11.4. The number of unbranched alkanes of at least 4 members (excludes halogenated alkanes) is 1. The lowest BCUT2D eigenvalue weighted by atomic mass is 10.3. The van der Waals surface area contributed by atoms with Crippen LogP contribution in [0.3, 0.4) is 0 Å². The second-order valence-electron chi connectivity index (χ2n) is 4.55. The van der Waals surface area contributed by atoms with Crippen molar-refractivity contribution in [2.24, 2.45) is 0 Å². The molecule has 0 unspecified atom stereocenters. The third-order valence-corrected chi connectivity index (χ3v) is 3.13. The zero-order valence-corrected chi connectivity index (χ0v) is 10.7. The fourth-order valence-electron chi connectivity index (χ4n) is 2.15. The van der Waals surface area contributed by atoms with Crippen LogP contribution in [0.25, 0.3) is 22.2 Å². The molecule has 4 nitrogen and oxygen atoms in total. The molecule has 0 aliphatic heterocycles. The molecule has 0 fully saturated rings. The van der Waals surface area contributed by atoms with Crippen molar-refractivity contribution in [1.82, 2.24) is 19.7 Å². The molecule has 0 saturated heterocycles. The van der Waals surface area contributed by atoms with Crippen LogP contribution in [0, 0.1) is 6.92 Å². The van der Waals surface area contributed by atoms with Crippen molar-refractivity contribution in [2.75, 3.05) is 0 Å². The minimum absolute atomic E-state index is 0.902. The fourth-order valence-corrected chi connectivity index (χ4v) is 2.15. The van der Waals surface area contributed by atoms with Crippen molar-refractivity contribution in [1.29, 1.82) is 0 Å². The summed E-state index contributed by atoms with van der Waals surface area (Å²) >= 11 is 0. The van der Waals surface area contributed by atoms with Crippen LogP contribution in [0.2, 0.25) is 0 Å². The van der Waals surface area contributed by atoms with E-state index in [1.54, 1.807) is 0 Å². The standard InChI is InChI=1S/C14H16N4/c1-3-4-9-18-14-13(10(2)17-18)15-11-7-5-6-8-12(11)16-14/h5-8H,3-4,9H2,1-2H3. The summed E-state index contributed by atoms with van der Waals surface area (Å²) in [5, 5.41) is 4.54. The summed E-state index contributed by atoms with van der Waals surface area (Å²) in [5.74, 6) is 0. The minimum Gasteiger partial charge on any atom is -0.246 e. The Morgan fingerprint density at radius 2 is 1.83 bits per heavy atom. The SMILES string of the molecule is CCCCn1nc(C)c2nc3ccccc3nc21. The molecule has 0 N–H and O–H groups in total. The summed E-state index contributed by atoms with van der Waals surface area (Å²) < 4.78 is 1.98. The molecule has 0 amide bonds. The molecule has 3 rings (SSSR count). The van der Waals surface area contributed by atoms with Crippen molar-refractivity contribution in [3.8, 4) is 0 Å². The van der Waals surface area contributed by atoms with Crippen LogP contribution < -0.4 is 0 Å². The highest BCUT2D eigenvalue weighted by molar-refractivity contribution is 5.85. The zero-order chi connectivity index (χ0) is 12.5. The van der Waals surface area contributed by atoms with Crippen molar-refractivity contribution in [3.05, 3.63) is 30.0 Å². The van der Waals surface area contributed by atoms with E-state index in [0.717, 1.165) is 47.3 Å². The maximum Gasteiger partial charge on any atom is 0.177 e. The van der Waals surface area contributed by atoms with Crippen LogP contribution >= 0.6 is 0 Å². The van der Waals surface area contributed by atoms with Gasteiger partial charge in [-0.25, -0.2) is 14.6 Å². The van der Waals surface area contributed by atoms with E-state index in [9.17, 15) is 0 Å². The average Bonchev–Trinajstić information content (AvgIpc) is 2.70. The number of hydrogen-bond acceptors (Lipinski definition) is 3. The quantitative estimate of drug-likeness (QED) is 0.706. The molecule has 0 aliphatic rings. The van der Waals surface area contributed by atoms with Gasteiger partial charge in [0.1, 0.15) is 5.52 Å². The summed E-state index contributed by atoms with van der Waals surface area (Å²) in [6.07, 6.45) is 2.27. The monoisotopic (exact) mass is 240 g/mol. The molecule has 2 heterocycles. The van der Waals surface area contributed by atoms with Crippen LogP contribution in [-0.2, 0) is 6.54 Å². The summed E-state index contributed by atoms with van der Waals surface area (Å²) in [6, 6.07) is 7.96. The van der Waals surface area contributed by atoms with Gasteiger partial charge in [0.15, 0.2) is 5.65 Å². The van der Waals surface area contributed by atoms with E-state index in [-0.39, 0.29) is 0 Å². The van der Waals surface area contributed by atoms with E-state index in [4.69, 9.17) is 0 Å². The van der Waals surface area contributed by atoms with Crippen LogP contribution in [0.1, 0.15) is 25.5 Å². The van der Waals surface area contributed by atoms with Crippen molar-refractivity contribution in [2.45, 2.75) is 33.2 Å². The first kappa shape index (κ1) is 11.1. The number of aryl methyl sites for hydroxylation is 2. The molecule has 92 valence electrons. The van der Waals surface area contributed by atoms with E-state index < -0.39 is 0 Å². The predicted octanol–water partition coefficient (Wildman–Crippen LogP) is 3.09. The van der Waals surface area contributed by atoms with E-state index >= 15 is 0 Å². The lowest BCUT2D eigenvalue weighted by Crippen LogP contribution is -2.01. The molecular formula is C14H16N4. The van der Waals surface area contributed by atoms with Gasteiger partial charge in [-0.3, -0.25) is 0 Å². The van der Waals surface area contributed by atoms with Crippen LogP contribution in [0.15, 0.2) is 24.3 Å². The number of nitrogens with zero attached hydrogens (tertiary/aromatic N) is 4. The number of benzene rings is 1. The molecule has 0 atom stereocenters. The van der Waals surface area contributed by atoms with E-state index in [1.165, 1.54) is 0 Å². The minimum atomic E-state index is 0.902. The molecular weight excluding hydrogens is 224 g/mol. The topological polar surface area (TPSA) is 43.6 Å². The lowest BCUT2D eigenvalue weighted by Gasteiger charge is -2.01. The van der Waals surface area contributed by atoms with Gasteiger partial charge in [0.05, 0.1) is 16.7 Å². The number of fused-ring (bicyclic) bond motifs is 2. The Balaban J connectivity index is 2.24. The Morgan fingerprint density at radius 3 is 2.56 bits per heavy atom. The highest BCUT2D eigenvalue weighted by Gasteiger charge is 2.11. The van der Waals surface area contributed by atoms with Gasteiger partial charge >= 0.3 is 0 Å². The van der Waals surface area contributed by atoms with Crippen molar-refractivity contribution < 1.29 is 0 Å². The molecule has 18 heavy (non-hydrogen) atoms. The smallest absolute Gasteiger partial charge is 0.177 e. The largest absolute Gasteiger partial charge is 0.246 e. The third kappa shape index (κ3) is 1.74. The Kier molecular flexibility index (Phi) is 2.70. The van der Waals surface area contributed by atoms with Gasteiger partial charge < -0.3 is 0 Å². The molecule has 0 spiro atoms. The van der Waals surface area contributed by atoms with E-state index in [0.29, 0.717) is 0 Å². The van der Waals surface area contributed by atoms with Crippen LogP contribution in [0.5, 0.6) is 0 Å². The fraction of sp³-hybridized carbons (Fsp3) is 0.357. The maximum absolute atomic E-state index is 4.69. The average molecular weight is 240 g/mol. The summed E-state index contributed by atoms with van der Waals surface area (Å²) in [5.41, 5.74) is 4.65. The Bertz CT molecular complexity index is 699. The zero-order valence-electron chi connectivity index (χ0n) is 10.7. The number of para-hydroxylation sites is 2. The second kappa shape index (κ2) is 4.37. The van der Waals surface area contributed by atoms with Crippen molar-refractivity contribution in [3.63, 3.8) is 0 Å².